The van der Waals surface area contributed by atoms with E-state index in [1.807, 2.05) is 13.8 Å². The number of aromatic nitrogens is 1. The fourth-order valence-electron chi connectivity index (χ4n) is 5.65. The topological polar surface area (TPSA) is 169 Å². The summed E-state index contributed by atoms with van der Waals surface area (Å²) in [6.07, 6.45) is 1.03. The number of carbonyl (C=O) groups is 1. The minimum absolute atomic E-state index is 0.0552. The van der Waals surface area contributed by atoms with Gasteiger partial charge in [-0.1, -0.05) is 12.1 Å². The number of likely N-dealkylation sites (N-methyl/N-ethyl adjacent to an activating group) is 1. The van der Waals surface area contributed by atoms with Gasteiger partial charge in [0.2, 0.25) is 10.0 Å². The molecule has 3 aromatic rings. The molecule has 0 bridgehead atoms. The number of amides is 1. The van der Waals surface area contributed by atoms with Crippen molar-refractivity contribution in [2.45, 2.75) is 81.9 Å². The summed E-state index contributed by atoms with van der Waals surface area (Å²) < 4.78 is 88.0. The van der Waals surface area contributed by atoms with E-state index in [0.717, 1.165) is 22.9 Å². The van der Waals surface area contributed by atoms with Gasteiger partial charge in [0.1, 0.15) is 17.3 Å². The molecule has 4 rings (SSSR count). The van der Waals surface area contributed by atoms with Crippen LogP contribution in [0.1, 0.15) is 61.8 Å². The number of benzene rings is 2. The number of fused-ring (bicyclic) bond motifs is 1. The molecule has 1 amide bonds. The Morgan fingerprint density at radius 1 is 1.10 bits per heavy atom. The number of aliphatic hydroxyl groups is 1. The van der Waals surface area contributed by atoms with Crippen molar-refractivity contribution < 1.29 is 45.1 Å². The van der Waals surface area contributed by atoms with Gasteiger partial charge in [-0.2, -0.15) is 4.31 Å². The Labute approximate surface area is 287 Å². The standard InChI is InChI=1S/C33H45FN4O9S2/c1-21-18-38(22(2)20-39)33(40)29-17-27(36-48(41,42)32-24(4)35-47-25(32)5)12-15-30(29)46-23(3)9-7-8-16-45-31(21)19-37(6)49(43,44)28-13-10-26(34)11-14-28/h10-15,17,21-23,31,36,39H,7-9,16,18-20H2,1-6H3/t21-,22-,23-,31-/m1/s1. The van der Waals surface area contributed by atoms with Crippen molar-refractivity contribution in [2.75, 3.05) is 38.1 Å². The molecular weight excluding hydrogens is 680 g/mol. The first-order chi connectivity index (χ1) is 23.0. The average molecular weight is 725 g/mol. The smallest absolute Gasteiger partial charge is 0.267 e. The normalized spacial score (nSPS) is 20.7. The van der Waals surface area contributed by atoms with E-state index >= 15 is 0 Å². The van der Waals surface area contributed by atoms with Crippen LogP contribution in [0.3, 0.4) is 0 Å². The van der Waals surface area contributed by atoms with Crippen molar-refractivity contribution in [3.8, 4) is 5.75 Å². The fourth-order valence-corrected chi connectivity index (χ4v) is 8.22. The number of aryl methyl sites for hydroxylation is 2. The Morgan fingerprint density at radius 3 is 2.43 bits per heavy atom. The second-order valence-electron chi connectivity index (χ2n) is 12.5. The zero-order valence-electron chi connectivity index (χ0n) is 28.5. The largest absolute Gasteiger partial charge is 0.490 e. The first-order valence-electron chi connectivity index (χ1n) is 16.1. The van der Waals surface area contributed by atoms with Crippen molar-refractivity contribution in [3.63, 3.8) is 0 Å². The van der Waals surface area contributed by atoms with Crippen LogP contribution in [0.2, 0.25) is 0 Å². The number of hydrogen-bond donors (Lipinski definition) is 2. The number of halogens is 1. The molecule has 0 saturated heterocycles. The molecule has 2 heterocycles. The lowest BCUT2D eigenvalue weighted by Crippen LogP contribution is -2.48. The zero-order valence-corrected chi connectivity index (χ0v) is 30.2. The van der Waals surface area contributed by atoms with Gasteiger partial charge in [-0.25, -0.2) is 21.2 Å². The number of ether oxygens (including phenoxy) is 2. The second kappa shape index (κ2) is 16.0. The number of anilines is 1. The van der Waals surface area contributed by atoms with Crippen LogP contribution in [0, 0.1) is 25.6 Å². The van der Waals surface area contributed by atoms with Crippen molar-refractivity contribution in [1.29, 1.82) is 0 Å². The summed E-state index contributed by atoms with van der Waals surface area (Å²) in [5, 5.41) is 13.9. The molecule has 270 valence electrons. The van der Waals surface area contributed by atoms with Gasteiger partial charge in [0.05, 0.1) is 35.3 Å². The van der Waals surface area contributed by atoms with Crippen LogP contribution in [0.4, 0.5) is 10.1 Å². The molecule has 0 fully saturated rings. The van der Waals surface area contributed by atoms with E-state index in [1.54, 1.807) is 6.92 Å². The van der Waals surface area contributed by atoms with Gasteiger partial charge < -0.3 is 24.0 Å². The third-order valence-electron chi connectivity index (χ3n) is 8.50. The number of rotatable bonds is 9. The van der Waals surface area contributed by atoms with Crippen LogP contribution in [0.25, 0.3) is 0 Å². The van der Waals surface area contributed by atoms with Gasteiger partial charge in [0.25, 0.3) is 15.9 Å². The van der Waals surface area contributed by atoms with Crippen LogP contribution in [-0.2, 0) is 24.8 Å². The Morgan fingerprint density at radius 2 is 1.80 bits per heavy atom. The minimum atomic E-state index is -4.13. The van der Waals surface area contributed by atoms with Gasteiger partial charge in [0, 0.05) is 38.3 Å². The van der Waals surface area contributed by atoms with Gasteiger partial charge in [-0.05, 0) is 89.4 Å². The van der Waals surface area contributed by atoms with Crippen LogP contribution in [-0.4, -0.2) is 93.8 Å². The monoisotopic (exact) mass is 724 g/mol. The first kappa shape index (κ1) is 38.2. The molecule has 2 aromatic carbocycles. The summed E-state index contributed by atoms with van der Waals surface area (Å²) in [5.74, 6) is -1.16. The van der Waals surface area contributed by atoms with Gasteiger partial charge in [-0.3, -0.25) is 9.52 Å². The Kier molecular flexibility index (Phi) is 12.5. The quantitative estimate of drug-likeness (QED) is 0.324. The highest BCUT2D eigenvalue weighted by Gasteiger charge is 2.33. The van der Waals surface area contributed by atoms with Crippen molar-refractivity contribution >= 4 is 31.6 Å². The van der Waals surface area contributed by atoms with E-state index < -0.39 is 49.8 Å². The summed E-state index contributed by atoms with van der Waals surface area (Å²) >= 11 is 0. The summed E-state index contributed by atoms with van der Waals surface area (Å²) in [4.78, 5) is 15.6. The van der Waals surface area contributed by atoms with E-state index in [0.29, 0.717) is 19.4 Å². The molecule has 13 nitrogen and oxygen atoms in total. The molecule has 0 saturated carbocycles. The van der Waals surface area contributed by atoms with Crippen LogP contribution in [0.15, 0.2) is 56.8 Å². The number of sulfonamides is 2. The third-order valence-corrected chi connectivity index (χ3v) is 12.0. The summed E-state index contributed by atoms with van der Waals surface area (Å²) in [5.41, 5.74) is 0.355. The summed E-state index contributed by atoms with van der Waals surface area (Å²) in [6, 6.07) is 8.31. The molecule has 1 aromatic heterocycles. The maximum Gasteiger partial charge on any atom is 0.267 e. The molecule has 2 N–H and O–H groups in total. The summed E-state index contributed by atoms with van der Waals surface area (Å²) in [7, 11) is -6.71. The molecule has 0 aliphatic carbocycles. The Bertz CT molecular complexity index is 1800. The third kappa shape index (κ3) is 9.16. The highest BCUT2D eigenvalue weighted by Crippen LogP contribution is 2.30. The molecule has 16 heteroatoms. The minimum Gasteiger partial charge on any atom is -0.490 e. The summed E-state index contributed by atoms with van der Waals surface area (Å²) in [6.45, 7) is 8.31. The molecule has 1 aliphatic heterocycles. The lowest BCUT2D eigenvalue weighted by atomic mass is 10.0. The zero-order chi connectivity index (χ0) is 36.1. The number of aliphatic hydroxyl groups excluding tert-OH is 1. The highest BCUT2D eigenvalue weighted by molar-refractivity contribution is 7.92. The lowest BCUT2D eigenvalue weighted by molar-refractivity contribution is -0.00834. The first-order valence-corrected chi connectivity index (χ1v) is 19.0. The number of carbonyl (C=O) groups excluding carboxylic acids is 1. The van der Waals surface area contributed by atoms with E-state index in [1.165, 1.54) is 56.1 Å². The Balaban J connectivity index is 1.69. The predicted octanol–water partition coefficient (Wildman–Crippen LogP) is 4.35. The van der Waals surface area contributed by atoms with E-state index in [4.69, 9.17) is 14.0 Å². The molecular formula is C33H45FN4O9S2. The predicted molar refractivity (Wildman–Crippen MR) is 180 cm³/mol. The van der Waals surface area contributed by atoms with E-state index in [-0.39, 0.29) is 64.0 Å². The molecule has 0 unspecified atom stereocenters. The SMILES string of the molecule is Cc1noc(C)c1S(=O)(=O)Nc1ccc2c(c1)C(=O)N([C@H](C)CO)C[C@@H](C)[C@@H](CN(C)S(=O)(=O)c1ccc(F)cc1)OCCCC[C@@H](C)O2. The Hall–Kier alpha value is -3.57. The van der Waals surface area contributed by atoms with Gasteiger partial charge >= 0.3 is 0 Å². The van der Waals surface area contributed by atoms with E-state index in [9.17, 15) is 31.1 Å². The second-order valence-corrected chi connectivity index (χ2v) is 16.2. The van der Waals surface area contributed by atoms with Crippen molar-refractivity contribution in [3.05, 3.63) is 65.3 Å². The average Bonchev–Trinajstić information content (AvgIpc) is 3.40. The van der Waals surface area contributed by atoms with Crippen molar-refractivity contribution in [1.82, 2.24) is 14.4 Å². The van der Waals surface area contributed by atoms with Gasteiger partial charge in [-0.15, -0.1) is 0 Å². The maximum absolute atomic E-state index is 14.4. The molecule has 49 heavy (non-hydrogen) atoms. The van der Waals surface area contributed by atoms with Crippen molar-refractivity contribution in [2.24, 2.45) is 5.92 Å². The van der Waals surface area contributed by atoms with Gasteiger partial charge in [0.15, 0.2) is 10.7 Å². The number of nitrogens with zero attached hydrogens (tertiary/aromatic N) is 3. The van der Waals surface area contributed by atoms with Crippen LogP contribution < -0.4 is 9.46 Å². The van der Waals surface area contributed by atoms with E-state index in [2.05, 4.69) is 9.88 Å². The number of hydrogen-bond acceptors (Lipinski definition) is 10. The lowest BCUT2D eigenvalue weighted by Gasteiger charge is -2.35. The maximum atomic E-state index is 14.4. The molecule has 4 atom stereocenters. The molecule has 1 aliphatic rings. The van der Waals surface area contributed by atoms with Crippen LogP contribution >= 0.6 is 0 Å². The fraction of sp³-hybridized carbons (Fsp3) is 0.515. The molecule has 0 radical (unpaired) electrons. The van der Waals surface area contributed by atoms with Crippen LogP contribution in [0.5, 0.6) is 5.75 Å². The highest BCUT2D eigenvalue weighted by atomic mass is 32.2. The number of nitrogens with one attached hydrogen (secondary N) is 1. The molecule has 0 spiro atoms.